The Morgan fingerprint density at radius 3 is 2.32 bits per heavy atom. The van der Waals surface area contributed by atoms with Crippen molar-refractivity contribution in [3.8, 4) is 0 Å². The third-order valence-electron chi connectivity index (χ3n) is 9.20. The number of carboxylic acid groups (broad SMARTS) is 1. The highest BCUT2D eigenvalue weighted by atomic mass is 35.5. The van der Waals surface area contributed by atoms with Gasteiger partial charge in [0.1, 0.15) is 11.4 Å². The lowest BCUT2D eigenvalue weighted by molar-refractivity contribution is -0.139. The van der Waals surface area contributed by atoms with Gasteiger partial charge in [0, 0.05) is 65.0 Å². The van der Waals surface area contributed by atoms with Crippen LogP contribution >= 0.6 is 23.2 Å². The minimum Gasteiger partial charge on any atom is -0.480 e. The monoisotopic (exact) mass is 644 g/mol. The van der Waals surface area contributed by atoms with E-state index in [-0.39, 0.29) is 42.2 Å². The van der Waals surface area contributed by atoms with Crippen molar-refractivity contribution in [1.29, 1.82) is 0 Å². The van der Waals surface area contributed by atoms with Crippen molar-refractivity contribution in [2.24, 2.45) is 0 Å². The van der Waals surface area contributed by atoms with Gasteiger partial charge in [0.15, 0.2) is 0 Å². The van der Waals surface area contributed by atoms with Gasteiger partial charge < -0.3 is 19.9 Å². The van der Waals surface area contributed by atoms with Crippen LogP contribution in [0.5, 0.6) is 0 Å². The maximum Gasteiger partial charge on any atom is 0.317 e. The molecule has 0 bridgehead atoms. The summed E-state index contributed by atoms with van der Waals surface area (Å²) in [6.07, 6.45) is 6.00. The Bertz CT molecular complexity index is 1630. The Morgan fingerprint density at radius 1 is 1.07 bits per heavy atom. The van der Waals surface area contributed by atoms with Gasteiger partial charge in [-0.05, 0) is 69.4 Å². The summed E-state index contributed by atoms with van der Waals surface area (Å²) in [6.45, 7) is 8.65. The van der Waals surface area contributed by atoms with E-state index >= 15 is 4.39 Å². The molecular weight excluding hydrogens is 606 g/mol. The number of benzene rings is 2. The molecule has 2 aromatic carbocycles. The first-order valence-corrected chi connectivity index (χ1v) is 16.0. The minimum absolute atomic E-state index is 0.0362. The van der Waals surface area contributed by atoms with E-state index in [0.29, 0.717) is 46.3 Å². The summed E-state index contributed by atoms with van der Waals surface area (Å²) in [6, 6.07) is 4.50. The topological polar surface area (TPSA) is 94.9 Å². The number of carboxylic acids is 1. The molecular formula is C33H39Cl2FN4O4. The van der Waals surface area contributed by atoms with Crippen molar-refractivity contribution in [2.45, 2.75) is 84.5 Å². The molecule has 2 aliphatic rings. The molecule has 1 aromatic heterocycles. The zero-order valence-corrected chi connectivity index (χ0v) is 27.1. The van der Waals surface area contributed by atoms with Crippen LogP contribution in [0.4, 0.5) is 10.1 Å². The largest absolute Gasteiger partial charge is 0.480 e. The Labute approximate surface area is 266 Å². The SMILES string of the molecule is CCc1c(N2CC(C)N(CC(=O)O)C(C)C2)c(F)cc2c(=O)c(C(=O)NCc3c(C)cc(Cl)cc3Cl)cn(C3CCCC3)c12. The fourth-order valence-corrected chi connectivity index (χ4v) is 7.76. The lowest BCUT2D eigenvalue weighted by atomic mass is 9.98. The van der Waals surface area contributed by atoms with Crippen molar-refractivity contribution in [3.63, 3.8) is 0 Å². The second-order valence-electron chi connectivity index (χ2n) is 12.2. The Kier molecular flexibility index (Phi) is 9.58. The summed E-state index contributed by atoms with van der Waals surface area (Å²) >= 11 is 12.5. The number of piperazine rings is 1. The number of nitrogens with one attached hydrogen (secondary N) is 1. The standard InChI is InChI=1S/C33H39Cl2FN4O4/c1-5-23-30-24(12-28(36)31(23)38-14-19(3)39(17-29(41)42)20(4)15-38)32(43)26(16-40(30)22-8-6-7-9-22)33(44)37-13-25-18(2)10-21(34)11-27(25)35/h10-12,16,19-20,22H,5-9,13-15,17H2,1-4H3,(H,37,44)(H,41,42). The fraction of sp³-hybridized carbons (Fsp3) is 0.485. The fourth-order valence-electron chi connectivity index (χ4n) is 7.09. The summed E-state index contributed by atoms with van der Waals surface area (Å²) in [4.78, 5) is 42.8. The number of rotatable bonds is 8. The number of fused-ring (bicyclic) bond motifs is 1. The average Bonchev–Trinajstić information content (AvgIpc) is 3.49. The zero-order chi connectivity index (χ0) is 31.9. The zero-order valence-electron chi connectivity index (χ0n) is 25.6. The molecule has 0 spiro atoms. The van der Waals surface area contributed by atoms with Gasteiger partial charge in [-0.1, -0.05) is 43.0 Å². The number of hydrogen-bond donors (Lipinski definition) is 2. The normalized spacial score (nSPS) is 19.6. The number of carbonyl (C=O) groups excluding carboxylic acids is 1. The summed E-state index contributed by atoms with van der Waals surface area (Å²) in [5.41, 5.74) is 2.82. The molecule has 1 aliphatic heterocycles. The number of pyridine rings is 1. The number of anilines is 1. The molecule has 1 amide bonds. The van der Waals surface area contributed by atoms with E-state index in [1.54, 1.807) is 18.3 Å². The lowest BCUT2D eigenvalue weighted by Gasteiger charge is -2.45. The van der Waals surface area contributed by atoms with Gasteiger partial charge in [-0.25, -0.2) is 4.39 Å². The van der Waals surface area contributed by atoms with Gasteiger partial charge >= 0.3 is 5.97 Å². The van der Waals surface area contributed by atoms with Crippen molar-refractivity contribution in [3.05, 3.63) is 72.7 Å². The molecule has 2 N–H and O–H groups in total. The average molecular weight is 646 g/mol. The lowest BCUT2D eigenvalue weighted by Crippen LogP contribution is -2.58. The smallest absolute Gasteiger partial charge is 0.317 e. The molecule has 11 heteroatoms. The first-order chi connectivity index (χ1) is 20.9. The Hall–Kier alpha value is -3.14. The molecule has 2 heterocycles. The van der Waals surface area contributed by atoms with E-state index in [4.69, 9.17) is 23.2 Å². The van der Waals surface area contributed by atoms with Crippen LogP contribution < -0.4 is 15.6 Å². The first kappa shape index (κ1) is 32.3. The summed E-state index contributed by atoms with van der Waals surface area (Å²) in [5.74, 6) is -1.96. The number of nitrogens with zero attached hydrogens (tertiary/aromatic N) is 3. The Balaban J connectivity index is 1.59. The molecule has 5 rings (SSSR count). The molecule has 1 saturated carbocycles. The van der Waals surface area contributed by atoms with E-state index in [1.807, 2.05) is 42.1 Å². The van der Waals surface area contributed by atoms with E-state index < -0.39 is 23.1 Å². The van der Waals surface area contributed by atoms with Gasteiger partial charge in [0.2, 0.25) is 5.43 Å². The molecule has 236 valence electrons. The number of hydrogen-bond acceptors (Lipinski definition) is 5. The molecule has 2 fully saturated rings. The van der Waals surface area contributed by atoms with Gasteiger partial charge in [-0.3, -0.25) is 19.3 Å². The highest BCUT2D eigenvalue weighted by Crippen LogP contribution is 2.38. The number of aryl methyl sites for hydroxylation is 2. The van der Waals surface area contributed by atoms with Gasteiger partial charge in [0.25, 0.3) is 5.91 Å². The van der Waals surface area contributed by atoms with E-state index in [2.05, 4.69) is 5.32 Å². The maximum atomic E-state index is 16.2. The molecule has 8 nitrogen and oxygen atoms in total. The Morgan fingerprint density at radius 2 is 1.73 bits per heavy atom. The predicted molar refractivity (Wildman–Crippen MR) is 173 cm³/mol. The minimum atomic E-state index is -0.893. The van der Waals surface area contributed by atoms with Crippen LogP contribution in [0.15, 0.2) is 29.2 Å². The van der Waals surface area contributed by atoms with Gasteiger partial charge in [-0.2, -0.15) is 0 Å². The van der Waals surface area contributed by atoms with Gasteiger partial charge in [-0.15, -0.1) is 0 Å². The number of halogens is 3. The summed E-state index contributed by atoms with van der Waals surface area (Å²) in [5, 5.41) is 13.3. The second kappa shape index (κ2) is 13.1. The summed E-state index contributed by atoms with van der Waals surface area (Å²) in [7, 11) is 0. The van der Waals surface area contributed by atoms with Crippen LogP contribution in [0.25, 0.3) is 10.9 Å². The van der Waals surface area contributed by atoms with E-state index in [0.717, 1.165) is 36.8 Å². The number of carbonyl (C=O) groups is 2. The third-order valence-corrected chi connectivity index (χ3v) is 9.76. The number of amides is 1. The quantitative estimate of drug-likeness (QED) is 0.297. The molecule has 1 saturated heterocycles. The summed E-state index contributed by atoms with van der Waals surface area (Å²) < 4.78 is 18.2. The van der Waals surface area contributed by atoms with Crippen LogP contribution in [-0.2, 0) is 17.8 Å². The molecule has 2 atom stereocenters. The number of aliphatic carboxylic acids is 1. The third kappa shape index (κ3) is 6.19. The number of aromatic nitrogens is 1. The van der Waals surface area contributed by atoms with Crippen LogP contribution in [0.1, 0.15) is 79.5 Å². The maximum absolute atomic E-state index is 16.2. The van der Waals surface area contributed by atoms with Crippen molar-refractivity contribution in [1.82, 2.24) is 14.8 Å². The molecule has 1 aliphatic carbocycles. The van der Waals surface area contributed by atoms with Crippen LogP contribution in [0.3, 0.4) is 0 Å². The molecule has 44 heavy (non-hydrogen) atoms. The van der Waals surface area contributed by atoms with Gasteiger partial charge in [0.05, 0.1) is 17.7 Å². The second-order valence-corrected chi connectivity index (χ2v) is 13.0. The van der Waals surface area contributed by atoms with Crippen molar-refractivity contribution in [2.75, 3.05) is 24.5 Å². The van der Waals surface area contributed by atoms with Crippen LogP contribution in [-0.4, -0.2) is 58.2 Å². The van der Waals surface area contributed by atoms with Crippen molar-refractivity contribution < 1.29 is 19.1 Å². The van der Waals surface area contributed by atoms with Crippen molar-refractivity contribution >= 4 is 51.7 Å². The first-order valence-electron chi connectivity index (χ1n) is 15.3. The van der Waals surface area contributed by atoms with E-state index in [9.17, 15) is 19.5 Å². The van der Waals surface area contributed by atoms with E-state index in [1.165, 1.54) is 6.07 Å². The molecule has 0 radical (unpaired) electrons. The van der Waals surface area contributed by atoms with Crippen LogP contribution in [0.2, 0.25) is 10.0 Å². The van der Waals surface area contributed by atoms with Crippen LogP contribution in [0, 0.1) is 12.7 Å². The predicted octanol–water partition coefficient (Wildman–Crippen LogP) is 6.35. The molecule has 3 aromatic rings. The highest BCUT2D eigenvalue weighted by Gasteiger charge is 2.34. The highest BCUT2D eigenvalue weighted by molar-refractivity contribution is 6.35. The molecule has 2 unspecified atom stereocenters.